The highest BCUT2D eigenvalue weighted by molar-refractivity contribution is 5.96. The summed E-state index contributed by atoms with van der Waals surface area (Å²) in [4.78, 5) is 22.4. The number of aliphatic carboxylic acids is 1. The highest BCUT2D eigenvalue weighted by atomic mass is 16.4. The van der Waals surface area contributed by atoms with E-state index in [2.05, 4.69) is 26.1 Å². The summed E-state index contributed by atoms with van der Waals surface area (Å²) in [5.74, 6) is -1.13. The molecule has 0 aliphatic carbocycles. The van der Waals surface area contributed by atoms with Crippen LogP contribution in [0.5, 0.6) is 0 Å². The van der Waals surface area contributed by atoms with E-state index in [4.69, 9.17) is 5.11 Å². The van der Waals surface area contributed by atoms with Crippen LogP contribution in [0.4, 0.5) is 0 Å². The molecule has 0 spiro atoms. The molecule has 4 heteroatoms. The Bertz CT molecular complexity index is 487. The van der Waals surface area contributed by atoms with Gasteiger partial charge in [-0.05, 0) is 29.5 Å². The van der Waals surface area contributed by atoms with E-state index >= 15 is 0 Å². The minimum atomic E-state index is -0.916. The van der Waals surface area contributed by atoms with Gasteiger partial charge in [-0.25, -0.2) is 0 Å². The lowest BCUT2D eigenvalue weighted by atomic mass is 9.85. The number of benzene rings is 1. The molecule has 0 aliphatic rings. The van der Waals surface area contributed by atoms with Crippen LogP contribution in [0.3, 0.4) is 0 Å². The fourth-order valence-electron chi connectivity index (χ4n) is 1.71. The SMILES string of the molecule is Cc1ccc(C(C)(C)C)cc1C(=O)NCCC(=O)O. The first-order chi connectivity index (χ1) is 8.71. The average Bonchev–Trinajstić information content (AvgIpc) is 2.27. The molecule has 0 fully saturated rings. The third-order valence-corrected chi connectivity index (χ3v) is 2.97. The summed E-state index contributed by atoms with van der Waals surface area (Å²) in [5.41, 5.74) is 2.56. The maximum absolute atomic E-state index is 12.0. The Morgan fingerprint density at radius 1 is 1.26 bits per heavy atom. The normalized spacial score (nSPS) is 11.2. The first kappa shape index (κ1) is 15.2. The molecule has 1 aromatic rings. The second-order valence-corrected chi connectivity index (χ2v) is 5.68. The molecule has 0 unspecified atom stereocenters. The van der Waals surface area contributed by atoms with E-state index in [0.717, 1.165) is 11.1 Å². The van der Waals surface area contributed by atoms with Gasteiger partial charge in [0.05, 0.1) is 6.42 Å². The average molecular weight is 263 g/mol. The van der Waals surface area contributed by atoms with Gasteiger partial charge in [-0.3, -0.25) is 9.59 Å². The lowest BCUT2D eigenvalue weighted by molar-refractivity contribution is -0.136. The van der Waals surface area contributed by atoms with Crippen LogP contribution in [0.1, 0.15) is 48.7 Å². The molecular formula is C15H21NO3. The first-order valence-electron chi connectivity index (χ1n) is 6.33. The largest absolute Gasteiger partial charge is 0.481 e. The van der Waals surface area contributed by atoms with Gasteiger partial charge >= 0.3 is 5.97 Å². The number of hydrogen-bond acceptors (Lipinski definition) is 2. The molecule has 1 amide bonds. The topological polar surface area (TPSA) is 66.4 Å². The van der Waals surface area contributed by atoms with E-state index in [1.54, 1.807) is 0 Å². The Morgan fingerprint density at radius 2 is 1.89 bits per heavy atom. The van der Waals surface area contributed by atoms with E-state index in [1.165, 1.54) is 0 Å². The summed E-state index contributed by atoms with van der Waals surface area (Å²) in [6.07, 6.45) is -0.0657. The molecule has 0 saturated heterocycles. The van der Waals surface area contributed by atoms with Crippen LogP contribution in [-0.4, -0.2) is 23.5 Å². The molecule has 0 saturated carbocycles. The van der Waals surface area contributed by atoms with Crippen molar-refractivity contribution in [2.24, 2.45) is 0 Å². The molecule has 0 atom stereocenters. The summed E-state index contributed by atoms with van der Waals surface area (Å²) in [6.45, 7) is 8.28. The van der Waals surface area contributed by atoms with Gasteiger partial charge < -0.3 is 10.4 Å². The monoisotopic (exact) mass is 263 g/mol. The van der Waals surface area contributed by atoms with E-state index in [-0.39, 0.29) is 24.3 Å². The molecule has 0 aromatic heterocycles. The number of aryl methyl sites for hydroxylation is 1. The van der Waals surface area contributed by atoms with Gasteiger partial charge in [-0.2, -0.15) is 0 Å². The zero-order valence-electron chi connectivity index (χ0n) is 11.9. The molecule has 0 aliphatic heterocycles. The van der Waals surface area contributed by atoms with Crippen molar-refractivity contribution in [1.82, 2.24) is 5.32 Å². The lowest BCUT2D eigenvalue weighted by Gasteiger charge is -2.20. The maximum atomic E-state index is 12.0. The van der Waals surface area contributed by atoms with Gasteiger partial charge in [0, 0.05) is 12.1 Å². The number of carbonyl (C=O) groups excluding carboxylic acids is 1. The zero-order valence-corrected chi connectivity index (χ0v) is 11.9. The molecule has 0 bridgehead atoms. The minimum Gasteiger partial charge on any atom is -0.481 e. The molecular weight excluding hydrogens is 242 g/mol. The van der Waals surface area contributed by atoms with E-state index in [1.807, 2.05) is 25.1 Å². The Kier molecular flexibility index (Phi) is 4.70. The molecule has 4 nitrogen and oxygen atoms in total. The summed E-state index contributed by atoms with van der Waals surface area (Å²) in [5, 5.41) is 11.2. The first-order valence-corrected chi connectivity index (χ1v) is 6.33. The van der Waals surface area contributed by atoms with Crippen molar-refractivity contribution in [3.63, 3.8) is 0 Å². The summed E-state index contributed by atoms with van der Waals surface area (Å²) in [7, 11) is 0. The van der Waals surface area contributed by atoms with Gasteiger partial charge in [0.2, 0.25) is 0 Å². The fraction of sp³-hybridized carbons (Fsp3) is 0.467. The zero-order chi connectivity index (χ0) is 14.6. The predicted molar refractivity (Wildman–Crippen MR) is 74.5 cm³/mol. The van der Waals surface area contributed by atoms with Crippen molar-refractivity contribution < 1.29 is 14.7 Å². The van der Waals surface area contributed by atoms with Crippen molar-refractivity contribution in [2.75, 3.05) is 6.54 Å². The van der Waals surface area contributed by atoms with Crippen LogP contribution in [0.25, 0.3) is 0 Å². The third-order valence-electron chi connectivity index (χ3n) is 2.97. The third kappa shape index (κ3) is 4.39. The Morgan fingerprint density at radius 3 is 2.42 bits per heavy atom. The fourth-order valence-corrected chi connectivity index (χ4v) is 1.71. The highest BCUT2D eigenvalue weighted by Crippen LogP contribution is 2.24. The molecule has 19 heavy (non-hydrogen) atoms. The minimum absolute atomic E-state index is 0.0240. The molecule has 0 radical (unpaired) electrons. The lowest BCUT2D eigenvalue weighted by Crippen LogP contribution is -2.27. The molecule has 0 heterocycles. The second kappa shape index (κ2) is 5.87. The van der Waals surface area contributed by atoms with E-state index < -0.39 is 5.97 Å². The number of carboxylic acid groups (broad SMARTS) is 1. The maximum Gasteiger partial charge on any atom is 0.305 e. The molecule has 2 N–H and O–H groups in total. The van der Waals surface area contributed by atoms with Gasteiger partial charge in [0.1, 0.15) is 0 Å². The smallest absolute Gasteiger partial charge is 0.305 e. The Labute approximate surface area is 113 Å². The number of carbonyl (C=O) groups is 2. The van der Waals surface area contributed by atoms with Crippen LogP contribution in [0, 0.1) is 6.92 Å². The highest BCUT2D eigenvalue weighted by Gasteiger charge is 2.17. The number of hydrogen-bond donors (Lipinski definition) is 2. The number of rotatable bonds is 4. The predicted octanol–water partition coefficient (Wildman–Crippen LogP) is 2.50. The van der Waals surface area contributed by atoms with Gasteiger partial charge in [-0.15, -0.1) is 0 Å². The van der Waals surface area contributed by atoms with Crippen molar-refractivity contribution in [1.29, 1.82) is 0 Å². The second-order valence-electron chi connectivity index (χ2n) is 5.68. The quantitative estimate of drug-likeness (QED) is 0.877. The van der Waals surface area contributed by atoms with Crippen molar-refractivity contribution in [2.45, 2.75) is 39.5 Å². The van der Waals surface area contributed by atoms with E-state index in [9.17, 15) is 9.59 Å². The van der Waals surface area contributed by atoms with Gasteiger partial charge in [0.25, 0.3) is 5.91 Å². The summed E-state index contributed by atoms with van der Waals surface area (Å²) in [6, 6.07) is 5.82. The van der Waals surface area contributed by atoms with Crippen LogP contribution in [0.2, 0.25) is 0 Å². The van der Waals surface area contributed by atoms with Crippen molar-refractivity contribution in [3.8, 4) is 0 Å². The van der Waals surface area contributed by atoms with E-state index in [0.29, 0.717) is 5.56 Å². The number of carboxylic acids is 1. The molecule has 1 rings (SSSR count). The van der Waals surface area contributed by atoms with Gasteiger partial charge in [-0.1, -0.05) is 32.9 Å². The molecule has 1 aromatic carbocycles. The number of amides is 1. The van der Waals surface area contributed by atoms with Crippen LogP contribution in [0.15, 0.2) is 18.2 Å². The van der Waals surface area contributed by atoms with Crippen LogP contribution in [-0.2, 0) is 10.2 Å². The van der Waals surface area contributed by atoms with Gasteiger partial charge in [0.15, 0.2) is 0 Å². The standard InChI is InChI=1S/C15H21NO3/c1-10-5-6-11(15(2,3)4)9-12(10)14(19)16-8-7-13(17)18/h5-6,9H,7-8H2,1-4H3,(H,16,19)(H,17,18). The summed E-state index contributed by atoms with van der Waals surface area (Å²) >= 11 is 0. The number of nitrogens with one attached hydrogen (secondary N) is 1. The summed E-state index contributed by atoms with van der Waals surface area (Å²) < 4.78 is 0. The Balaban J connectivity index is 2.87. The van der Waals surface area contributed by atoms with Crippen molar-refractivity contribution in [3.05, 3.63) is 34.9 Å². The van der Waals surface area contributed by atoms with Crippen molar-refractivity contribution >= 4 is 11.9 Å². The molecule has 104 valence electrons. The van der Waals surface area contributed by atoms with Crippen LogP contribution < -0.4 is 5.32 Å². The Hall–Kier alpha value is -1.84. The van der Waals surface area contributed by atoms with Crippen LogP contribution >= 0.6 is 0 Å².